The zero-order chi connectivity index (χ0) is 14.4. The maximum absolute atomic E-state index is 5.99. The van der Waals surface area contributed by atoms with E-state index in [0.717, 1.165) is 17.9 Å². The Balaban J connectivity index is 2.11. The number of pyridine rings is 1. The molecular formula is C16H21N3S. The third-order valence-electron chi connectivity index (χ3n) is 3.20. The Morgan fingerprint density at radius 1 is 1.25 bits per heavy atom. The summed E-state index contributed by atoms with van der Waals surface area (Å²) >= 11 is 1.85. The number of aryl methyl sites for hydroxylation is 1. The van der Waals surface area contributed by atoms with Crippen LogP contribution in [0.25, 0.3) is 0 Å². The molecule has 1 aromatic carbocycles. The zero-order valence-corrected chi connectivity index (χ0v) is 12.8. The summed E-state index contributed by atoms with van der Waals surface area (Å²) in [5.74, 6) is 1.55. The third-order valence-corrected chi connectivity index (χ3v) is 4.47. The van der Waals surface area contributed by atoms with E-state index in [1.165, 1.54) is 10.5 Å². The van der Waals surface area contributed by atoms with Crippen LogP contribution in [0.3, 0.4) is 0 Å². The fraction of sp³-hybridized carbons (Fsp3) is 0.312. The minimum Gasteiger partial charge on any atom is -0.383 e. The first-order chi connectivity index (χ1) is 9.72. The SMILES string of the molecule is CCNC(CSc1ccccc1C)c1cccnc1N. The fourth-order valence-corrected chi connectivity index (χ4v) is 3.24. The maximum atomic E-state index is 5.99. The summed E-state index contributed by atoms with van der Waals surface area (Å²) in [6.07, 6.45) is 1.73. The molecule has 0 aliphatic rings. The van der Waals surface area contributed by atoms with Crippen LogP contribution in [0, 0.1) is 6.92 Å². The maximum Gasteiger partial charge on any atom is 0.128 e. The number of anilines is 1. The highest BCUT2D eigenvalue weighted by Gasteiger charge is 2.14. The Morgan fingerprint density at radius 3 is 2.75 bits per heavy atom. The molecule has 1 unspecified atom stereocenters. The molecule has 2 rings (SSSR count). The second-order valence-electron chi connectivity index (χ2n) is 4.66. The van der Waals surface area contributed by atoms with Crippen LogP contribution in [-0.2, 0) is 0 Å². The second kappa shape index (κ2) is 7.31. The number of aromatic nitrogens is 1. The van der Waals surface area contributed by atoms with E-state index in [2.05, 4.69) is 48.4 Å². The largest absolute Gasteiger partial charge is 0.383 e. The number of thioether (sulfide) groups is 1. The Bertz CT molecular complexity index is 557. The van der Waals surface area contributed by atoms with Gasteiger partial charge in [0, 0.05) is 28.5 Å². The predicted octanol–water partition coefficient (Wildman–Crippen LogP) is 3.42. The number of benzene rings is 1. The molecule has 0 aliphatic carbocycles. The summed E-state index contributed by atoms with van der Waals surface area (Å²) in [5.41, 5.74) is 8.38. The van der Waals surface area contributed by atoms with Crippen molar-refractivity contribution < 1.29 is 0 Å². The van der Waals surface area contributed by atoms with Gasteiger partial charge < -0.3 is 11.1 Å². The molecule has 0 amide bonds. The van der Waals surface area contributed by atoms with E-state index < -0.39 is 0 Å². The lowest BCUT2D eigenvalue weighted by Gasteiger charge is -2.19. The smallest absolute Gasteiger partial charge is 0.128 e. The van der Waals surface area contributed by atoms with Crippen molar-refractivity contribution in [2.45, 2.75) is 24.8 Å². The monoisotopic (exact) mass is 287 g/mol. The molecule has 0 saturated heterocycles. The van der Waals surface area contributed by atoms with Crippen molar-refractivity contribution in [1.29, 1.82) is 0 Å². The van der Waals surface area contributed by atoms with Crippen LogP contribution >= 0.6 is 11.8 Å². The molecule has 0 saturated carbocycles. The Hall–Kier alpha value is -1.52. The highest BCUT2D eigenvalue weighted by molar-refractivity contribution is 7.99. The first kappa shape index (κ1) is 14.9. The van der Waals surface area contributed by atoms with Gasteiger partial charge in [0.05, 0.1) is 0 Å². The standard InChI is InChI=1S/C16H21N3S/c1-3-18-14(13-8-6-10-19-16(13)17)11-20-15-9-5-4-7-12(15)2/h4-10,14,18H,3,11H2,1-2H3,(H2,17,19). The molecule has 4 heteroatoms. The van der Waals surface area contributed by atoms with Crippen LogP contribution in [0.15, 0.2) is 47.5 Å². The molecular weight excluding hydrogens is 266 g/mol. The Labute approximate surface area is 125 Å². The molecule has 3 nitrogen and oxygen atoms in total. The summed E-state index contributed by atoms with van der Waals surface area (Å²) in [4.78, 5) is 5.50. The number of nitrogens with one attached hydrogen (secondary N) is 1. The van der Waals surface area contributed by atoms with E-state index in [1.807, 2.05) is 23.9 Å². The van der Waals surface area contributed by atoms with Gasteiger partial charge in [-0.3, -0.25) is 0 Å². The van der Waals surface area contributed by atoms with E-state index in [4.69, 9.17) is 5.73 Å². The van der Waals surface area contributed by atoms with Gasteiger partial charge in [0.2, 0.25) is 0 Å². The molecule has 1 aromatic heterocycles. The summed E-state index contributed by atoms with van der Waals surface area (Å²) < 4.78 is 0. The zero-order valence-electron chi connectivity index (χ0n) is 12.0. The quantitative estimate of drug-likeness (QED) is 0.799. The summed E-state index contributed by atoms with van der Waals surface area (Å²) in [7, 11) is 0. The van der Waals surface area contributed by atoms with Gasteiger partial charge >= 0.3 is 0 Å². The van der Waals surface area contributed by atoms with E-state index in [-0.39, 0.29) is 6.04 Å². The Kier molecular flexibility index (Phi) is 5.44. The normalized spacial score (nSPS) is 12.3. The van der Waals surface area contributed by atoms with E-state index in [0.29, 0.717) is 5.82 Å². The van der Waals surface area contributed by atoms with Gasteiger partial charge in [0.15, 0.2) is 0 Å². The van der Waals surface area contributed by atoms with Crippen LogP contribution in [0.2, 0.25) is 0 Å². The van der Waals surface area contributed by atoms with Crippen molar-refractivity contribution in [3.8, 4) is 0 Å². The van der Waals surface area contributed by atoms with Crippen molar-refractivity contribution in [2.24, 2.45) is 0 Å². The molecule has 0 bridgehead atoms. The number of nitrogen functional groups attached to an aromatic ring is 1. The molecule has 1 atom stereocenters. The molecule has 0 aliphatic heterocycles. The van der Waals surface area contributed by atoms with Gasteiger partial charge in [0.1, 0.15) is 5.82 Å². The van der Waals surface area contributed by atoms with Crippen LogP contribution in [0.1, 0.15) is 24.1 Å². The van der Waals surface area contributed by atoms with Gasteiger partial charge in [-0.15, -0.1) is 11.8 Å². The molecule has 2 aromatic rings. The molecule has 3 N–H and O–H groups in total. The van der Waals surface area contributed by atoms with E-state index in [9.17, 15) is 0 Å². The molecule has 0 fully saturated rings. The van der Waals surface area contributed by atoms with Gasteiger partial charge in [0.25, 0.3) is 0 Å². The van der Waals surface area contributed by atoms with Crippen LogP contribution < -0.4 is 11.1 Å². The highest BCUT2D eigenvalue weighted by atomic mass is 32.2. The van der Waals surface area contributed by atoms with Crippen molar-refractivity contribution >= 4 is 17.6 Å². The van der Waals surface area contributed by atoms with E-state index in [1.54, 1.807) is 6.20 Å². The second-order valence-corrected chi connectivity index (χ2v) is 5.73. The topological polar surface area (TPSA) is 50.9 Å². The lowest BCUT2D eigenvalue weighted by Crippen LogP contribution is -2.24. The first-order valence-corrected chi connectivity index (χ1v) is 7.83. The fourth-order valence-electron chi connectivity index (χ4n) is 2.12. The van der Waals surface area contributed by atoms with Crippen LogP contribution in [0.5, 0.6) is 0 Å². The van der Waals surface area contributed by atoms with E-state index >= 15 is 0 Å². The van der Waals surface area contributed by atoms with Gasteiger partial charge in [-0.1, -0.05) is 31.2 Å². The summed E-state index contributed by atoms with van der Waals surface area (Å²) in [6, 6.07) is 12.7. The number of rotatable bonds is 6. The molecule has 0 spiro atoms. The molecule has 106 valence electrons. The number of hydrogen-bond donors (Lipinski definition) is 2. The lowest BCUT2D eigenvalue weighted by atomic mass is 10.1. The lowest BCUT2D eigenvalue weighted by molar-refractivity contribution is 0.606. The van der Waals surface area contributed by atoms with Crippen molar-refractivity contribution in [3.05, 3.63) is 53.7 Å². The molecule has 20 heavy (non-hydrogen) atoms. The predicted molar refractivity (Wildman–Crippen MR) is 87.0 cm³/mol. The summed E-state index contributed by atoms with van der Waals surface area (Å²) in [5, 5.41) is 3.49. The van der Waals surface area contributed by atoms with Gasteiger partial charge in [-0.05, 0) is 31.2 Å². The molecule has 0 radical (unpaired) electrons. The van der Waals surface area contributed by atoms with Crippen molar-refractivity contribution in [2.75, 3.05) is 18.0 Å². The number of hydrogen-bond acceptors (Lipinski definition) is 4. The first-order valence-electron chi connectivity index (χ1n) is 6.84. The van der Waals surface area contributed by atoms with Gasteiger partial charge in [-0.2, -0.15) is 0 Å². The molecule has 1 heterocycles. The van der Waals surface area contributed by atoms with Gasteiger partial charge in [-0.25, -0.2) is 4.98 Å². The van der Waals surface area contributed by atoms with Crippen molar-refractivity contribution in [3.63, 3.8) is 0 Å². The number of nitrogens with zero attached hydrogens (tertiary/aromatic N) is 1. The minimum atomic E-state index is 0.221. The van der Waals surface area contributed by atoms with Crippen molar-refractivity contribution in [1.82, 2.24) is 10.3 Å². The van der Waals surface area contributed by atoms with Crippen LogP contribution in [-0.4, -0.2) is 17.3 Å². The minimum absolute atomic E-state index is 0.221. The van der Waals surface area contributed by atoms with Crippen LogP contribution in [0.4, 0.5) is 5.82 Å². The average Bonchev–Trinajstić information content (AvgIpc) is 2.46. The highest BCUT2D eigenvalue weighted by Crippen LogP contribution is 2.28. The summed E-state index contributed by atoms with van der Waals surface area (Å²) in [6.45, 7) is 5.16. The number of nitrogens with two attached hydrogens (primary N) is 1. The Morgan fingerprint density at radius 2 is 2.05 bits per heavy atom. The average molecular weight is 287 g/mol. The third kappa shape index (κ3) is 3.74.